The number of hydrogen-bond donors (Lipinski definition) is 1. The highest BCUT2D eigenvalue weighted by Crippen LogP contribution is 2.27. The summed E-state index contributed by atoms with van der Waals surface area (Å²) in [6.45, 7) is 4.40. The minimum atomic E-state index is -0.460. The van der Waals surface area contributed by atoms with Crippen LogP contribution in [-0.2, 0) is 6.61 Å². The van der Waals surface area contributed by atoms with Gasteiger partial charge < -0.3 is 14.9 Å². The monoisotopic (exact) mass is 337 g/mol. The zero-order valence-corrected chi connectivity index (χ0v) is 14.1. The van der Waals surface area contributed by atoms with Gasteiger partial charge in [-0.25, -0.2) is 4.79 Å². The number of primary amides is 1. The van der Waals surface area contributed by atoms with Gasteiger partial charge in [-0.1, -0.05) is 26.0 Å². The lowest BCUT2D eigenvalue weighted by Gasteiger charge is -2.11. The second-order valence-electron chi connectivity index (χ2n) is 6.18. The molecule has 2 N–H and O–H groups in total. The molecule has 0 saturated carbocycles. The number of fused-ring (bicyclic) bond motifs is 1. The SMILES string of the molecule is CC(C)c1cc(=O)oc2cc(OCc3ccc(C(N)=O)cc3)ccc12. The summed E-state index contributed by atoms with van der Waals surface area (Å²) < 4.78 is 11.1. The molecule has 1 amide bonds. The molecule has 0 atom stereocenters. The lowest BCUT2D eigenvalue weighted by atomic mass is 10.00. The van der Waals surface area contributed by atoms with Crippen LogP contribution in [-0.4, -0.2) is 5.91 Å². The first-order chi connectivity index (χ1) is 11.9. The van der Waals surface area contributed by atoms with Crippen LogP contribution >= 0.6 is 0 Å². The highest BCUT2D eigenvalue weighted by Gasteiger charge is 2.10. The van der Waals surface area contributed by atoms with E-state index in [1.165, 1.54) is 6.07 Å². The third-order valence-electron chi connectivity index (χ3n) is 4.01. The van der Waals surface area contributed by atoms with Crippen LogP contribution in [0.5, 0.6) is 5.75 Å². The van der Waals surface area contributed by atoms with Gasteiger partial charge in [-0.05, 0) is 41.3 Å². The summed E-state index contributed by atoms with van der Waals surface area (Å²) >= 11 is 0. The Morgan fingerprint density at radius 3 is 2.48 bits per heavy atom. The van der Waals surface area contributed by atoms with Gasteiger partial charge in [0.2, 0.25) is 5.91 Å². The standard InChI is InChI=1S/C20H19NO4/c1-12(2)17-10-19(22)25-18-9-15(7-8-16(17)18)24-11-13-3-5-14(6-4-13)20(21)23/h3-10,12H,11H2,1-2H3,(H2,21,23). The van der Waals surface area contributed by atoms with Crippen molar-refractivity contribution in [3.63, 3.8) is 0 Å². The Hall–Kier alpha value is -3.08. The normalized spacial score (nSPS) is 11.0. The van der Waals surface area contributed by atoms with Gasteiger partial charge in [0.1, 0.15) is 17.9 Å². The number of rotatable bonds is 5. The molecule has 25 heavy (non-hydrogen) atoms. The average Bonchev–Trinajstić information content (AvgIpc) is 2.59. The van der Waals surface area contributed by atoms with Crippen molar-refractivity contribution < 1.29 is 13.9 Å². The van der Waals surface area contributed by atoms with Crippen molar-refractivity contribution in [2.24, 2.45) is 5.73 Å². The maximum absolute atomic E-state index is 11.7. The molecule has 0 aliphatic rings. The summed E-state index contributed by atoms with van der Waals surface area (Å²) in [4.78, 5) is 22.8. The van der Waals surface area contributed by atoms with E-state index < -0.39 is 5.91 Å². The minimum absolute atomic E-state index is 0.224. The summed E-state index contributed by atoms with van der Waals surface area (Å²) in [6, 6.07) is 13.9. The maximum atomic E-state index is 11.7. The Balaban J connectivity index is 1.82. The largest absolute Gasteiger partial charge is 0.489 e. The molecule has 2 aromatic carbocycles. The first-order valence-corrected chi connectivity index (χ1v) is 8.03. The molecule has 0 aliphatic carbocycles. The fourth-order valence-corrected chi connectivity index (χ4v) is 2.67. The number of carbonyl (C=O) groups excluding carboxylic acids is 1. The van der Waals surface area contributed by atoms with Crippen LogP contribution in [0.2, 0.25) is 0 Å². The molecule has 0 saturated heterocycles. The van der Waals surface area contributed by atoms with Gasteiger partial charge in [0.05, 0.1) is 0 Å². The molecule has 1 aromatic heterocycles. The van der Waals surface area contributed by atoms with Crippen LogP contribution in [0.3, 0.4) is 0 Å². The Kier molecular flexibility index (Phi) is 4.57. The fraction of sp³-hybridized carbons (Fsp3) is 0.200. The first kappa shape index (κ1) is 16.8. The summed E-state index contributed by atoms with van der Waals surface area (Å²) in [5, 5.41) is 0.910. The lowest BCUT2D eigenvalue weighted by molar-refractivity contribution is 0.1000. The second-order valence-corrected chi connectivity index (χ2v) is 6.18. The van der Waals surface area contributed by atoms with Crippen LogP contribution in [0.25, 0.3) is 11.0 Å². The van der Waals surface area contributed by atoms with Gasteiger partial charge in [0, 0.05) is 23.1 Å². The van der Waals surface area contributed by atoms with Crippen LogP contribution in [0, 0.1) is 0 Å². The van der Waals surface area contributed by atoms with E-state index in [1.807, 2.05) is 26.0 Å². The smallest absolute Gasteiger partial charge is 0.336 e. The maximum Gasteiger partial charge on any atom is 0.336 e. The highest BCUT2D eigenvalue weighted by molar-refractivity contribution is 5.92. The first-order valence-electron chi connectivity index (χ1n) is 8.03. The fourth-order valence-electron chi connectivity index (χ4n) is 2.67. The molecule has 0 radical (unpaired) electrons. The van der Waals surface area contributed by atoms with E-state index in [9.17, 15) is 9.59 Å². The molecule has 0 fully saturated rings. The van der Waals surface area contributed by atoms with E-state index in [0.29, 0.717) is 23.5 Å². The van der Waals surface area contributed by atoms with E-state index in [2.05, 4.69) is 0 Å². The van der Waals surface area contributed by atoms with Gasteiger partial charge in [-0.15, -0.1) is 0 Å². The number of carbonyl (C=O) groups is 1. The van der Waals surface area contributed by atoms with Gasteiger partial charge in [-0.2, -0.15) is 0 Å². The minimum Gasteiger partial charge on any atom is -0.489 e. The Bertz CT molecular complexity index is 971. The molecule has 5 heteroatoms. The van der Waals surface area contributed by atoms with E-state index >= 15 is 0 Å². The van der Waals surface area contributed by atoms with Crippen molar-refractivity contribution in [1.29, 1.82) is 0 Å². The molecule has 0 spiro atoms. The molecule has 3 aromatic rings. The number of hydrogen-bond acceptors (Lipinski definition) is 4. The zero-order valence-electron chi connectivity index (χ0n) is 14.1. The van der Waals surface area contributed by atoms with Crippen molar-refractivity contribution in [3.05, 3.63) is 75.6 Å². The molecule has 1 heterocycles. The molecule has 3 rings (SSSR count). The third-order valence-corrected chi connectivity index (χ3v) is 4.01. The molecule has 0 unspecified atom stereocenters. The third kappa shape index (κ3) is 3.71. The number of benzene rings is 2. The van der Waals surface area contributed by atoms with E-state index in [4.69, 9.17) is 14.9 Å². The number of nitrogens with two attached hydrogens (primary N) is 1. The molecular weight excluding hydrogens is 318 g/mol. The average molecular weight is 337 g/mol. The molecule has 0 bridgehead atoms. The quantitative estimate of drug-likeness (QED) is 0.721. The van der Waals surface area contributed by atoms with Crippen molar-refractivity contribution in [2.45, 2.75) is 26.4 Å². The summed E-state index contributed by atoms with van der Waals surface area (Å²) in [5.74, 6) is 0.371. The highest BCUT2D eigenvalue weighted by atomic mass is 16.5. The topological polar surface area (TPSA) is 82.5 Å². The van der Waals surface area contributed by atoms with Crippen molar-refractivity contribution in [2.75, 3.05) is 0 Å². The molecule has 0 aliphatic heterocycles. The summed E-state index contributed by atoms with van der Waals surface area (Å²) in [5.41, 5.74) is 7.69. The van der Waals surface area contributed by atoms with Gasteiger partial charge in [0.25, 0.3) is 0 Å². The van der Waals surface area contributed by atoms with E-state index in [0.717, 1.165) is 16.5 Å². The van der Waals surface area contributed by atoms with Gasteiger partial charge >= 0.3 is 5.63 Å². The molecule has 128 valence electrons. The predicted octanol–water partition coefficient (Wildman–Crippen LogP) is 3.59. The summed E-state index contributed by atoms with van der Waals surface area (Å²) in [6.07, 6.45) is 0. The molecule has 5 nitrogen and oxygen atoms in total. The van der Waals surface area contributed by atoms with Crippen LogP contribution in [0.1, 0.15) is 41.3 Å². The number of ether oxygens (including phenoxy) is 1. The van der Waals surface area contributed by atoms with Crippen molar-refractivity contribution in [1.82, 2.24) is 0 Å². The molecular formula is C20H19NO4. The van der Waals surface area contributed by atoms with Crippen LogP contribution < -0.4 is 16.1 Å². The van der Waals surface area contributed by atoms with Crippen LogP contribution in [0.15, 0.2) is 57.7 Å². The Morgan fingerprint density at radius 1 is 1.12 bits per heavy atom. The Labute approximate surface area is 145 Å². The van der Waals surface area contributed by atoms with Crippen molar-refractivity contribution in [3.8, 4) is 5.75 Å². The van der Waals surface area contributed by atoms with Gasteiger partial charge in [0.15, 0.2) is 0 Å². The van der Waals surface area contributed by atoms with Crippen LogP contribution in [0.4, 0.5) is 0 Å². The second kappa shape index (κ2) is 6.81. The van der Waals surface area contributed by atoms with Crippen molar-refractivity contribution >= 4 is 16.9 Å². The lowest BCUT2D eigenvalue weighted by Crippen LogP contribution is -2.10. The summed E-state index contributed by atoms with van der Waals surface area (Å²) in [7, 11) is 0. The van der Waals surface area contributed by atoms with E-state index in [-0.39, 0.29) is 11.5 Å². The number of amides is 1. The zero-order chi connectivity index (χ0) is 18.0. The predicted molar refractivity (Wildman–Crippen MR) is 95.9 cm³/mol. The Morgan fingerprint density at radius 2 is 1.84 bits per heavy atom. The van der Waals surface area contributed by atoms with Gasteiger partial charge in [-0.3, -0.25) is 4.79 Å². The van der Waals surface area contributed by atoms with E-state index in [1.54, 1.807) is 30.3 Å².